The maximum atomic E-state index is 11.4. The number of amides is 1. The summed E-state index contributed by atoms with van der Waals surface area (Å²) in [6.07, 6.45) is 0. The van der Waals surface area contributed by atoms with Crippen molar-refractivity contribution in [3.05, 3.63) is 0 Å². The summed E-state index contributed by atoms with van der Waals surface area (Å²) in [6.45, 7) is 5.64. The molecule has 0 spiro atoms. The van der Waals surface area contributed by atoms with Crippen molar-refractivity contribution in [2.45, 2.75) is 13.8 Å². The Hall–Kier alpha value is -0.750. The molecule has 0 aromatic carbocycles. The van der Waals surface area contributed by atoms with Crippen LogP contribution in [0.5, 0.6) is 0 Å². The minimum Gasteiger partial charge on any atom is -0.481 e. The fraction of sp³-hybridized carbons (Fsp3) is 0.818. The van der Waals surface area contributed by atoms with E-state index in [2.05, 4.69) is 24.1 Å². The standard InChI is InChI=1S/C11H22N2O3S/c1-11(2,8-13(3)4)7-12-9(14)5-17-6-10(15)16/h5-8H2,1-4H3,(H,12,14)(H,15,16). The van der Waals surface area contributed by atoms with Crippen LogP contribution in [0.3, 0.4) is 0 Å². The van der Waals surface area contributed by atoms with Crippen LogP contribution in [0.4, 0.5) is 0 Å². The highest BCUT2D eigenvalue weighted by molar-refractivity contribution is 8.00. The average Bonchev–Trinajstić information content (AvgIpc) is 2.12. The highest BCUT2D eigenvalue weighted by Crippen LogP contribution is 2.14. The van der Waals surface area contributed by atoms with Crippen molar-refractivity contribution < 1.29 is 14.7 Å². The Morgan fingerprint density at radius 1 is 1.29 bits per heavy atom. The molecule has 6 heteroatoms. The number of carbonyl (C=O) groups excluding carboxylic acids is 1. The Morgan fingerprint density at radius 2 is 1.88 bits per heavy atom. The van der Waals surface area contributed by atoms with Gasteiger partial charge in [0.05, 0.1) is 11.5 Å². The lowest BCUT2D eigenvalue weighted by Crippen LogP contribution is -2.40. The van der Waals surface area contributed by atoms with E-state index in [4.69, 9.17) is 5.11 Å². The Balaban J connectivity index is 3.79. The molecule has 5 nitrogen and oxygen atoms in total. The van der Waals surface area contributed by atoms with Crippen LogP contribution in [-0.4, -0.2) is 60.6 Å². The third-order valence-electron chi connectivity index (χ3n) is 1.97. The lowest BCUT2D eigenvalue weighted by Gasteiger charge is -2.28. The molecule has 0 aromatic rings. The molecule has 100 valence electrons. The number of hydrogen-bond donors (Lipinski definition) is 2. The Bertz CT molecular complexity index is 267. The van der Waals surface area contributed by atoms with E-state index in [1.54, 1.807) is 0 Å². The highest BCUT2D eigenvalue weighted by Gasteiger charge is 2.19. The van der Waals surface area contributed by atoms with Gasteiger partial charge in [-0.2, -0.15) is 0 Å². The smallest absolute Gasteiger partial charge is 0.313 e. The Kier molecular flexibility index (Phi) is 7.22. The topological polar surface area (TPSA) is 69.6 Å². The van der Waals surface area contributed by atoms with Crippen LogP contribution in [-0.2, 0) is 9.59 Å². The van der Waals surface area contributed by atoms with Crippen molar-refractivity contribution in [1.82, 2.24) is 10.2 Å². The maximum absolute atomic E-state index is 11.4. The summed E-state index contributed by atoms with van der Waals surface area (Å²) in [5, 5.41) is 11.2. The third kappa shape index (κ3) is 10.1. The summed E-state index contributed by atoms with van der Waals surface area (Å²) in [4.78, 5) is 23.8. The van der Waals surface area contributed by atoms with Crippen LogP contribution in [0.1, 0.15) is 13.8 Å². The lowest BCUT2D eigenvalue weighted by molar-refractivity contribution is -0.133. The van der Waals surface area contributed by atoms with Gasteiger partial charge < -0.3 is 15.3 Å². The first-order chi connectivity index (χ1) is 7.73. The van der Waals surface area contributed by atoms with Crippen molar-refractivity contribution in [3.63, 3.8) is 0 Å². The van der Waals surface area contributed by atoms with E-state index >= 15 is 0 Å². The number of aliphatic carboxylic acids is 1. The number of nitrogens with one attached hydrogen (secondary N) is 1. The second kappa shape index (κ2) is 7.55. The molecule has 0 bridgehead atoms. The lowest BCUT2D eigenvalue weighted by atomic mass is 9.93. The number of carboxylic acids is 1. The summed E-state index contributed by atoms with van der Waals surface area (Å²) in [5.41, 5.74) is 0.0105. The minimum absolute atomic E-state index is 0.0105. The quantitative estimate of drug-likeness (QED) is 0.667. The number of hydrogen-bond acceptors (Lipinski definition) is 4. The molecule has 0 radical (unpaired) electrons. The van der Waals surface area contributed by atoms with E-state index in [9.17, 15) is 9.59 Å². The third-order valence-corrected chi connectivity index (χ3v) is 2.88. The second-order valence-electron chi connectivity index (χ2n) is 5.07. The summed E-state index contributed by atoms with van der Waals surface area (Å²) >= 11 is 1.11. The van der Waals surface area contributed by atoms with Crippen molar-refractivity contribution in [1.29, 1.82) is 0 Å². The van der Waals surface area contributed by atoms with Gasteiger partial charge in [-0.15, -0.1) is 11.8 Å². The van der Waals surface area contributed by atoms with E-state index in [-0.39, 0.29) is 22.8 Å². The number of rotatable bonds is 8. The normalized spacial score (nSPS) is 11.6. The van der Waals surface area contributed by atoms with Gasteiger partial charge in [0.2, 0.25) is 5.91 Å². The summed E-state index contributed by atoms with van der Waals surface area (Å²) in [5.74, 6) is -0.836. The van der Waals surface area contributed by atoms with Crippen molar-refractivity contribution in [2.75, 3.05) is 38.7 Å². The Morgan fingerprint density at radius 3 is 2.35 bits per heavy atom. The zero-order chi connectivity index (χ0) is 13.5. The summed E-state index contributed by atoms with van der Waals surface area (Å²) in [6, 6.07) is 0. The molecule has 0 aliphatic heterocycles. The molecule has 1 amide bonds. The Labute approximate surface area is 107 Å². The SMILES string of the molecule is CN(C)CC(C)(C)CNC(=O)CSCC(=O)O. The molecule has 0 saturated carbocycles. The van der Waals surface area contributed by atoms with Gasteiger partial charge >= 0.3 is 5.97 Å². The van der Waals surface area contributed by atoms with Gasteiger partial charge in [0.15, 0.2) is 0 Å². The van der Waals surface area contributed by atoms with E-state index < -0.39 is 5.97 Å². The van der Waals surface area contributed by atoms with Crippen LogP contribution in [0.2, 0.25) is 0 Å². The fourth-order valence-electron chi connectivity index (χ4n) is 1.53. The van der Waals surface area contributed by atoms with Crippen molar-refractivity contribution in [2.24, 2.45) is 5.41 Å². The maximum Gasteiger partial charge on any atom is 0.313 e. The predicted molar refractivity (Wildman–Crippen MR) is 70.3 cm³/mol. The molecule has 2 N–H and O–H groups in total. The van der Waals surface area contributed by atoms with Gasteiger partial charge in [0.25, 0.3) is 0 Å². The molecule has 17 heavy (non-hydrogen) atoms. The molecule has 0 heterocycles. The first-order valence-electron chi connectivity index (χ1n) is 5.44. The van der Waals surface area contributed by atoms with Gasteiger partial charge in [-0.05, 0) is 19.5 Å². The van der Waals surface area contributed by atoms with Crippen molar-refractivity contribution in [3.8, 4) is 0 Å². The monoisotopic (exact) mass is 262 g/mol. The first kappa shape index (κ1) is 16.2. The number of carbonyl (C=O) groups is 2. The molecule has 0 atom stereocenters. The summed E-state index contributed by atoms with van der Waals surface area (Å²) < 4.78 is 0. The molecule has 0 saturated heterocycles. The van der Waals surface area contributed by atoms with E-state index in [1.165, 1.54) is 0 Å². The van der Waals surface area contributed by atoms with Gasteiger partial charge in [0.1, 0.15) is 0 Å². The number of carboxylic acid groups (broad SMARTS) is 1. The first-order valence-corrected chi connectivity index (χ1v) is 6.59. The second-order valence-corrected chi connectivity index (χ2v) is 6.05. The van der Waals surface area contributed by atoms with Crippen LogP contribution in [0.25, 0.3) is 0 Å². The van der Waals surface area contributed by atoms with Gasteiger partial charge in [-0.3, -0.25) is 9.59 Å². The zero-order valence-electron chi connectivity index (χ0n) is 10.9. The molecular formula is C11H22N2O3S. The largest absolute Gasteiger partial charge is 0.481 e. The van der Waals surface area contributed by atoms with Crippen LogP contribution in [0, 0.1) is 5.41 Å². The van der Waals surface area contributed by atoms with Crippen molar-refractivity contribution >= 4 is 23.6 Å². The molecule has 0 aliphatic carbocycles. The number of nitrogens with zero attached hydrogens (tertiary/aromatic N) is 1. The van der Waals surface area contributed by atoms with Gasteiger partial charge in [0, 0.05) is 13.1 Å². The molecule has 0 aliphatic rings. The van der Waals surface area contributed by atoms with E-state index in [0.717, 1.165) is 18.3 Å². The molecule has 0 aromatic heterocycles. The van der Waals surface area contributed by atoms with Gasteiger partial charge in [-0.25, -0.2) is 0 Å². The zero-order valence-corrected chi connectivity index (χ0v) is 11.8. The average molecular weight is 262 g/mol. The van der Waals surface area contributed by atoms with Crippen LogP contribution >= 0.6 is 11.8 Å². The predicted octanol–water partition coefficient (Wildman–Crippen LogP) is 0.508. The van der Waals surface area contributed by atoms with E-state index in [1.807, 2.05) is 14.1 Å². The fourth-order valence-corrected chi connectivity index (χ4v) is 2.10. The van der Waals surface area contributed by atoms with Gasteiger partial charge in [-0.1, -0.05) is 13.8 Å². The highest BCUT2D eigenvalue weighted by atomic mass is 32.2. The molecule has 0 fully saturated rings. The molecular weight excluding hydrogens is 240 g/mol. The summed E-state index contributed by atoms with van der Waals surface area (Å²) in [7, 11) is 3.98. The molecule has 0 unspecified atom stereocenters. The van der Waals surface area contributed by atoms with E-state index in [0.29, 0.717) is 6.54 Å². The van der Waals surface area contributed by atoms with Crippen LogP contribution < -0.4 is 5.32 Å². The minimum atomic E-state index is -0.893. The van der Waals surface area contributed by atoms with Crippen LogP contribution in [0.15, 0.2) is 0 Å². The molecule has 0 rings (SSSR count). The number of thioether (sulfide) groups is 1.